The zero-order valence-corrected chi connectivity index (χ0v) is 12.5. The second-order valence-electron chi connectivity index (χ2n) is 5.13. The molecule has 22 heavy (non-hydrogen) atoms. The normalized spacial score (nSPS) is 10.9. The molecule has 0 fully saturated rings. The second kappa shape index (κ2) is 5.60. The number of hydrogen-bond donors (Lipinski definition) is 0. The largest absolute Gasteiger partial charge is 0.307 e. The van der Waals surface area contributed by atoms with Crippen molar-refractivity contribution in [2.75, 3.05) is 11.4 Å². The molecular formula is C17H16FN3O. The maximum Gasteiger partial charge on any atom is 0.278 e. The Morgan fingerprint density at radius 2 is 2.09 bits per heavy atom. The first-order valence-corrected chi connectivity index (χ1v) is 7.11. The zero-order valence-electron chi connectivity index (χ0n) is 12.5. The van der Waals surface area contributed by atoms with E-state index >= 15 is 0 Å². The van der Waals surface area contributed by atoms with Gasteiger partial charge in [-0.05, 0) is 43.7 Å². The van der Waals surface area contributed by atoms with Crippen molar-refractivity contribution in [1.82, 2.24) is 9.38 Å². The monoisotopic (exact) mass is 297 g/mol. The van der Waals surface area contributed by atoms with Crippen LogP contribution in [0.2, 0.25) is 0 Å². The van der Waals surface area contributed by atoms with E-state index in [1.54, 1.807) is 17.2 Å². The topological polar surface area (TPSA) is 37.6 Å². The number of imidazole rings is 1. The minimum Gasteiger partial charge on any atom is -0.307 e. The van der Waals surface area contributed by atoms with E-state index in [1.165, 1.54) is 16.7 Å². The number of hydrogen-bond acceptors (Lipinski definition) is 2. The van der Waals surface area contributed by atoms with Crippen molar-refractivity contribution in [2.45, 2.75) is 13.8 Å². The summed E-state index contributed by atoms with van der Waals surface area (Å²) in [7, 11) is 0. The lowest BCUT2D eigenvalue weighted by molar-refractivity contribution is 0.0984. The van der Waals surface area contributed by atoms with E-state index in [0.717, 1.165) is 11.3 Å². The summed E-state index contributed by atoms with van der Waals surface area (Å²) in [6.45, 7) is 4.43. The van der Waals surface area contributed by atoms with Crippen molar-refractivity contribution in [2.24, 2.45) is 0 Å². The van der Waals surface area contributed by atoms with Gasteiger partial charge in [-0.2, -0.15) is 0 Å². The highest BCUT2D eigenvalue weighted by Gasteiger charge is 2.19. The summed E-state index contributed by atoms with van der Waals surface area (Å²) in [5, 5.41) is 0. The van der Waals surface area contributed by atoms with E-state index in [1.807, 2.05) is 38.1 Å². The van der Waals surface area contributed by atoms with Crippen LogP contribution in [0, 0.1) is 12.7 Å². The van der Waals surface area contributed by atoms with E-state index in [-0.39, 0.29) is 11.7 Å². The molecule has 3 aromatic rings. The Morgan fingerprint density at radius 3 is 2.82 bits per heavy atom. The third kappa shape index (κ3) is 2.57. The van der Waals surface area contributed by atoms with Crippen LogP contribution in [0.1, 0.15) is 23.0 Å². The number of carbonyl (C=O) groups excluding carboxylic acids is 1. The number of aromatic nitrogens is 2. The lowest BCUT2D eigenvalue weighted by Crippen LogP contribution is -2.30. The van der Waals surface area contributed by atoms with Crippen LogP contribution in [0.3, 0.4) is 0 Å². The number of carbonyl (C=O) groups is 1. The van der Waals surface area contributed by atoms with Crippen LogP contribution >= 0.6 is 0 Å². The molecule has 0 atom stereocenters. The first-order chi connectivity index (χ1) is 10.6. The summed E-state index contributed by atoms with van der Waals surface area (Å²) in [4.78, 5) is 18.6. The molecule has 0 unspecified atom stereocenters. The Kier molecular flexibility index (Phi) is 3.63. The van der Waals surface area contributed by atoms with E-state index in [2.05, 4.69) is 4.98 Å². The van der Waals surface area contributed by atoms with Gasteiger partial charge in [-0.25, -0.2) is 9.37 Å². The van der Waals surface area contributed by atoms with Gasteiger partial charge in [0, 0.05) is 24.6 Å². The van der Waals surface area contributed by atoms with Crippen LogP contribution in [0.15, 0.2) is 48.8 Å². The first kappa shape index (κ1) is 14.3. The molecular weight excluding hydrogens is 281 g/mol. The van der Waals surface area contributed by atoms with Crippen LogP contribution in [0.25, 0.3) is 5.65 Å². The number of halogens is 1. The van der Waals surface area contributed by atoms with Crippen LogP contribution in [-0.2, 0) is 0 Å². The van der Waals surface area contributed by atoms with Gasteiger partial charge in [0.05, 0.1) is 0 Å². The van der Waals surface area contributed by atoms with Gasteiger partial charge in [0.25, 0.3) is 5.91 Å². The molecule has 1 amide bonds. The second-order valence-corrected chi connectivity index (χ2v) is 5.13. The van der Waals surface area contributed by atoms with Gasteiger partial charge in [0.1, 0.15) is 17.2 Å². The molecule has 0 saturated heterocycles. The third-order valence-electron chi connectivity index (χ3n) is 3.51. The number of anilines is 1. The molecule has 0 bridgehead atoms. The smallest absolute Gasteiger partial charge is 0.278 e. The Morgan fingerprint density at radius 1 is 1.27 bits per heavy atom. The van der Waals surface area contributed by atoms with Crippen molar-refractivity contribution >= 4 is 17.2 Å². The summed E-state index contributed by atoms with van der Waals surface area (Å²) in [6, 6.07) is 10.6. The summed E-state index contributed by atoms with van der Waals surface area (Å²) >= 11 is 0. The van der Waals surface area contributed by atoms with Gasteiger partial charge in [0.15, 0.2) is 0 Å². The molecule has 0 spiro atoms. The summed E-state index contributed by atoms with van der Waals surface area (Å²) in [5.74, 6) is -0.563. The van der Waals surface area contributed by atoms with Crippen molar-refractivity contribution in [3.8, 4) is 0 Å². The Bertz CT molecular complexity index is 841. The Hall–Kier alpha value is -2.69. The predicted octanol–water partition coefficient (Wildman–Crippen LogP) is 3.45. The maximum atomic E-state index is 13.2. The summed E-state index contributed by atoms with van der Waals surface area (Å²) in [5.41, 5.74) is 2.76. The maximum absolute atomic E-state index is 13.2. The number of pyridine rings is 1. The standard InChI is InChI=1S/C17H16FN3O/c1-3-21(14-6-4-5-12(2)9-14)17(22)15-11-20-10-13(18)7-8-16(20)19-15/h4-11H,3H2,1-2H3. The highest BCUT2D eigenvalue weighted by atomic mass is 19.1. The van der Waals surface area contributed by atoms with Gasteiger partial charge < -0.3 is 9.30 Å². The van der Waals surface area contributed by atoms with Crippen LogP contribution in [0.4, 0.5) is 10.1 Å². The van der Waals surface area contributed by atoms with Crippen LogP contribution < -0.4 is 4.90 Å². The van der Waals surface area contributed by atoms with Gasteiger partial charge in [-0.15, -0.1) is 0 Å². The SMILES string of the molecule is CCN(C(=O)c1cn2cc(F)ccc2n1)c1cccc(C)c1. The minimum absolute atomic E-state index is 0.197. The lowest BCUT2D eigenvalue weighted by atomic mass is 10.2. The molecule has 3 rings (SSSR count). The number of nitrogens with zero attached hydrogens (tertiary/aromatic N) is 3. The first-order valence-electron chi connectivity index (χ1n) is 7.11. The highest BCUT2D eigenvalue weighted by Crippen LogP contribution is 2.18. The van der Waals surface area contributed by atoms with Crippen molar-refractivity contribution in [3.05, 3.63) is 65.9 Å². The van der Waals surface area contributed by atoms with Gasteiger partial charge in [0.2, 0.25) is 0 Å². The fourth-order valence-electron chi connectivity index (χ4n) is 2.45. The van der Waals surface area contributed by atoms with Crippen molar-refractivity contribution in [3.63, 3.8) is 0 Å². The highest BCUT2D eigenvalue weighted by molar-refractivity contribution is 6.05. The summed E-state index contributed by atoms with van der Waals surface area (Å²) in [6.07, 6.45) is 2.86. The van der Waals surface area contributed by atoms with Crippen LogP contribution in [0.5, 0.6) is 0 Å². The molecule has 0 N–H and O–H groups in total. The number of fused-ring (bicyclic) bond motifs is 1. The lowest BCUT2D eigenvalue weighted by Gasteiger charge is -2.20. The van der Waals surface area contributed by atoms with Crippen molar-refractivity contribution in [1.29, 1.82) is 0 Å². The van der Waals surface area contributed by atoms with Gasteiger partial charge in [-0.1, -0.05) is 12.1 Å². The van der Waals surface area contributed by atoms with E-state index in [0.29, 0.717) is 17.9 Å². The molecule has 1 aromatic carbocycles. The van der Waals surface area contributed by atoms with Gasteiger partial charge >= 0.3 is 0 Å². The Balaban J connectivity index is 1.99. The third-order valence-corrected chi connectivity index (χ3v) is 3.51. The van der Waals surface area contributed by atoms with E-state index in [4.69, 9.17) is 0 Å². The summed E-state index contributed by atoms with van der Waals surface area (Å²) < 4.78 is 14.8. The molecule has 0 saturated carbocycles. The molecule has 0 aliphatic carbocycles. The average Bonchev–Trinajstić information content (AvgIpc) is 2.91. The Labute approximate surface area is 127 Å². The molecule has 2 heterocycles. The van der Waals surface area contributed by atoms with E-state index in [9.17, 15) is 9.18 Å². The average molecular weight is 297 g/mol. The fourth-order valence-corrected chi connectivity index (χ4v) is 2.45. The predicted molar refractivity (Wildman–Crippen MR) is 83.7 cm³/mol. The molecule has 4 nitrogen and oxygen atoms in total. The number of benzene rings is 1. The van der Waals surface area contributed by atoms with Gasteiger partial charge in [-0.3, -0.25) is 4.79 Å². The molecule has 112 valence electrons. The molecule has 0 radical (unpaired) electrons. The van der Waals surface area contributed by atoms with Crippen LogP contribution in [-0.4, -0.2) is 21.8 Å². The van der Waals surface area contributed by atoms with Crippen molar-refractivity contribution < 1.29 is 9.18 Å². The fraction of sp³-hybridized carbons (Fsp3) is 0.176. The zero-order chi connectivity index (χ0) is 15.7. The quantitative estimate of drug-likeness (QED) is 0.742. The molecule has 5 heteroatoms. The number of amides is 1. The minimum atomic E-state index is -0.366. The number of aryl methyl sites for hydroxylation is 1. The number of rotatable bonds is 3. The molecule has 0 aliphatic rings. The molecule has 0 aliphatic heterocycles. The molecule has 2 aromatic heterocycles. The van der Waals surface area contributed by atoms with E-state index < -0.39 is 0 Å².